The van der Waals surface area contributed by atoms with E-state index in [0.717, 1.165) is 23.7 Å². The highest BCUT2D eigenvalue weighted by Gasteiger charge is 2.19. The number of hydrogen-bond acceptors (Lipinski definition) is 2. The van der Waals surface area contributed by atoms with Gasteiger partial charge in [0, 0.05) is 5.30 Å². The van der Waals surface area contributed by atoms with E-state index in [0.29, 0.717) is 18.4 Å². The predicted octanol–water partition coefficient (Wildman–Crippen LogP) is 6.20. The van der Waals surface area contributed by atoms with Crippen molar-refractivity contribution in [1.82, 2.24) is 0 Å². The van der Waals surface area contributed by atoms with E-state index in [9.17, 15) is 4.57 Å². The molecule has 2 aromatic rings. The van der Waals surface area contributed by atoms with E-state index in [-0.39, 0.29) is 0 Å². The van der Waals surface area contributed by atoms with Crippen LogP contribution in [0, 0.1) is 18.8 Å². The molecule has 0 heterocycles. The average Bonchev–Trinajstić information content (AvgIpc) is 2.53. The Labute approximate surface area is 159 Å². The lowest BCUT2D eigenvalue weighted by Crippen LogP contribution is -2.10. The lowest BCUT2D eigenvalue weighted by Gasteiger charge is -2.21. The van der Waals surface area contributed by atoms with Gasteiger partial charge in [-0.05, 0) is 66.8 Å². The zero-order valence-corrected chi connectivity index (χ0v) is 18.1. The van der Waals surface area contributed by atoms with Crippen LogP contribution in [-0.2, 0) is 21.9 Å². The van der Waals surface area contributed by atoms with Crippen LogP contribution >= 0.6 is 8.03 Å². The first-order valence-corrected chi connectivity index (χ1v) is 11.0. The van der Waals surface area contributed by atoms with E-state index >= 15 is 0 Å². The Bertz CT molecular complexity index is 732. The van der Waals surface area contributed by atoms with Gasteiger partial charge in [-0.3, -0.25) is 4.57 Å². The summed E-state index contributed by atoms with van der Waals surface area (Å²) in [6.45, 7) is 13.5. The van der Waals surface area contributed by atoms with Crippen LogP contribution in [0.25, 0.3) is 11.1 Å². The number of benzene rings is 2. The predicted molar refractivity (Wildman–Crippen MR) is 114 cm³/mol. The van der Waals surface area contributed by atoms with Gasteiger partial charge in [-0.2, -0.15) is 0 Å². The SMILES string of the molecule is CCO[PH](=O)c1ccccc1-c1c(CC(C)C)cc(C)cc1CC(C)C. The van der Waals surface area contributed by atoms with Gasteiger partial charge in [0.1, 0.15) is 0 Å². The normalized spacial score (nSPS) is 12.8. The fourth-order valence-corrected chi connectivity index (χ4v) is 4.66. The molecule has 0 saturated carbocycles. The monoisotopic (exact) mass is 372 g/mol. The highest BCUT2D eigenvalue weighted by molar-refractivity contribution is 7.48. The molecule has 0 radical (unpaired) electrons. The molecule has 2 aromatic carbocycles. The molecule has 0 aliphatic carbocycles. The van der Waals surface area contributed by atoms with Crippen LogP contribution in [0.3, 0.4) is 0 Å². The third-order valence-corrected chi connectivity index (χ3v) is 5.82. The Morgan fingerprint density at radius 3 is 2.00 bits per heavy atom. The third kappa shape index (κ3) is 5.32. The van der Waals surface area contributed by atoms with Gasteiger partial charge in [0.25, 0.3) is 0 Å². The van der Waals surface area contributed by atoms with Gasteiger partial charge in [-0.1, -0.05) is 63.6 Å². The second-order valence-electron chi connectivity index (χ2n) is 7.92. The third-order valence-electron chi connectivity index (χ3n) is 4.39. The smallest absolute Gasteiger partial charge is 0.221 e. The van der Waals surface area contributed by atoms with Crippen molar-refractivity contribution in [3.05, 3.63) is 53.1 Å². The lowest BCUT2D eigenvalue weighted by molar-refractivity contribution is 0.357. The molecule has 1 atom stereocenters. The van der Waals surface area contributed by atoms with E-state index in [1.165, 1.54) is 22.3 Å². The van der Waals surface area contributed by atoms with Gasteiger partial charge in [-0.15, -0.1) is 0 Å². The maximum Gasteiger partial charge on any atom is 0.221 e. The minimum absolute atomic E-state index is 0.470. The van der Waals surface area contributed by atoms with Gasteiger partial charge in [0.2, 0.25) is 8.03 Å². The Morgan fingerprint density at radius 1 is 0.962 bits per heavy atom. The van der Waals surface area contributed by atoms with E-state index < -0.39 is 8.03 Å². The first kappa shape index (κ1) is 20.9. The van der Waals surface area contributed by atoms with E-state index in [4.69, 9.17) is 4.52 Å². The fraction of sp³-hybridized carbons (Fsp3) is 0.478. The van der Waals surface area contributed by atoms with Gasteiger partial charge in [0.15, 0.2) is 0 Å². The summed E-state index contributed by atoms with van der Waals surface area (Å²) in [7, 11) is -2.24. The zero-order chi connectivity index (χ0) is 19.3. The molecule has 0 amide bonds. The average molecular weight is 372 g/mol. The molecular weight excluding hydrogens is 339 g/mol. The van der Waals surface area contributed by atoms with Crippen LogP contribution in [-0.4, -0.2) is 6.61 Å². The number of aryl methyl sites for hydroxylation is 1. The van der Waals surface area contributed by atoms with Crippen molar-refractivity contribution >= 4 is 13.3 Å². The lowest BCUT2D eigenvalue weighted by atomic mass is 9.85. The molecule has 1 unspecified atom stereocenters. The largest absolute Gasteiger partial charge is 0.328 e. The van der Waals surface area contributed by atoms with Crippen molar-refractivity contribution in [2.45, 2.75) is 54.4 Å². The van der Waals surface area contributed by atoms with Crippen LogP contribution in [0.15, 0.2) is 36.4 Å². The summed E-state index contributed by atoms with van der Waals surface area (Å²) in [5, 5.41) is 0.846. The summed E-state index contributed by atoms with van der Waals surface area (Å²) in [5.74, 6) is 1.14. The molecule has 0 aliphatic heterocycles. The molecule has 0 aromatic heterocycles. The standard InChI is InChI=1S/C23H33O2P/c1-7-25-26(24)22-11-9-8-10-21(22)23-19(12-16(2)3)14-18(6)15-20(23)13-17(4)5/h8-11,14-17,26H,7,12-13H2,1-6H3. The quantitative estimate of drug-likeness (QED) is 0.516. The van der Waals surface area contributed by atoms with Crippen LogP contribution < -0.4 is 5.30 Å². The summed E-state index contributed by atoms with van der Waals surface area (Å²) < 4.78 is 18.2. The molecule has 26 heavy (non-hydrogen) atoms. The maximum atomic E-state index is 12.7. The van der Waals surface area contributed by atoms with Crippen LogP contribution in [0.2, 0.25) is 0 Å². The molecule has 0 aliphatic rings. The van der Waals surface area contributed by atoms with Gasteiger partial charge < -0.3 is 4.52 Å². The summed E-state index contributed by atoms with van der Waals surface area (Å²) in [5.41, 5.74) is 6.36. The zero-order valence-electron chi connectivity index (χ0n) is 17.1. The Morgan fingerprint density at radius 2 is 1.50 bits per heavy atom. The minimum Gasteiger partial charge on any atom is -0.328 e. The van der Waals surface area contributed by atoms with Crippen molar-refractivity contribution in [2.24, 2.45) is 11.8 Å². The molecule has 3 heteroatoms. The van der Waals surface area contributed by atoms with Gasteiger partial charge in [-0.25, -0.2) is 0 Å². The number of rotatable bonds is 8. The molecule has 142 valence electrons. The molecular formula is C23H33O2P. The molecule has 0 N–H and O–H groups in total. The van der Waals surface area contributed by atoms with Crippen molar-refractivity contribution in [2.75, 3.05) is 6.61 Å². The minimum atomic E-state index is -2.24. The first-order chi connectivity index (χ1) is 12.3. The van der Waals surface area contributed by atoms with Crippen LogP contribution in [0.1, 0.15) is 51.3 Å². The van der Waals surface area contributed by atoms with E-state index in [2.05, 4.69) is 52.8 Å². The van der Waals surface area contributed by atoms with E-state index in [1.807, 2.05) is 25.1 Å². The second-order valence-corrected chi connectivity index (χ2v) is 9.32. The summed E-state index contributed by atoms with van der Waals surface area (Å²) in [6.07, 6.45) is 2.04. The Balaban J connectivity index is 2.72. The molecule has 2 rings (SSSR count). The highest BCUT2D eigenvalue weighted by atomic mass is 31.1. The fourth-order valence-electron chi connectivity index (χ4n) is 3.58. The Hall–Kier alpha value is -1.37. The molecule has 0 fully saturated rings. The van der Waals surface area contributed by atoms with Gasteiger partial charge >= 0.3 is 0 Å². The molecule has 2 nitrogen and oxygen atoms in total. The van der Waals surface area contributed by atoms with Crippen molar-refractivity contribution in [3.8, 4) is 11.1 Å². The highest BCUT2D eigenvalue weighted by Crippen LogP contribution is 2.36. The first-order valence-electron chi connectivity index (χ1n) is 9.72. The molecule has 0 bridgehead atoms. The topological polar surface area (TPSA) is 26.3 Å². The summed E-state index contributed by atoms with van der Waals surface area (Å²) in [6, 6.07) is 12.7. The summed E-state index contributed by atoms with van der Waals surface area (Å²) in [4.78, 5) is 0. The summed E-state index contributed by atoms with van der Waals surface area (Å²) >= 11 is 0. The molecule has 0 saturated heterocycles. The van der Waals surface area contributed by atoms with Crippen LogP contribution in [0.5, 0.6) is 0 Å². The van der Waals surface area contributed by atoms with Crippen molar-refractivity contribution in [1.29, 1.82) is 0 Å². The second kappa shape index (κ2) is 9.53. The van der Waals surface area contributed by atoms with Gasteiger partial charge in [0.05, 0.1) is 6.61 Å². The van der Waals surface area contributed by atoms with E-state index in [1.54, 1.807) is 0 Å². The van der Waals surface area contributed by atoms with Crippen molar-refractivity contribution in [3.63, 3.8) is 0 Å². The van der Waals surface area contributed by atoms with Crippen LogP contribution in [0.4, 0.5) is 0 Å². The number of hydrogen-bond donors (Lipinski definition) is 0. The Kier molecular flexibility index (Phi) is 7.68. The van der Waals surface area contributed by atoms with Crippen molar-refractivity contribution < 1.29 is 9.09 Å². The maximum absolute atomic E-state index is 12.7. The molecule has 0 spiro atoms.